The van der Waals surface area contributed by atoms with Crippen molar-refractivity contribution in [3.63, 3.8) is 0 Å². The van der Waals surface area contributed by atoms with Gasteiger partial charge in [-0.25, -0.2) is 4.98 Å². The van der Waals surface area contributed by atoms with Gasteiger partial charge in [-0.15, -0.1) is 5.10 Å². The maximum atomic E-state index is 11.0. The fraction of sp³-hybridized carbons (Fsp3) is 0.500. The van der Waals surface area contributed by atoms with Crippen LogP contribution in [0, 0.1) is 12.8 Å². The molecule has 138 valence electrons. The number of fused-ring (bicyclic) bond motifs is 1. The summed E-state index contributed by atoms with van der Waals surface area (Å²) in [7, 11) is 0. The Labute approximate surface area is 158 Å². The Bertz CT molecular complexity index is 916. The number of likely N-dealkylation sites (tertiary alicyclic amines) is 1. The van der Waals surface area contributed by atoms with Gasteiger partial charge in [0.25, 0.3) is 0 Å². The van der Waals surface area contributed by atoms with Crippen LogP contribution in [0.3, 0.4) is 0 Å². The van der Waals surface area contributed by atoms with Gasteiger partial charge in [-0.2, -0.15) is 4.52 Å². The summed E-state index contributed by atoms with van der Waals surface area (Å²) in [4.78, 5) is 7.87. The zero-order valence-corrected chi connectivity index (χ0v) is 16.5. The van der Waals surface area contributed by atoms with Crippen LogP contribution in [0.1, 0.15) is 54.6 Å². The molecule has 0 amide bonds. The minimum Gasteiger partial charge on any atom is -0.492 e. The quantitative estimate of drug-likeness (QED) is 0.741. The minimum atomic E-state index is 0.135. The predicted molar refractivity (Wildman–Crippen MR) is 104 cm³/mol. The summed E-state index contributed by atoms with van der Waals surface area (Å²) in [5.41, 5.74) is 2.52. The van der Waals surface area contributed by atoms with Crippen LogP contribution in [0.25, 0.3) is 4.96 Å². The lowest BCUT2D eigenvalue weighted by atomic mass is 9.95. The van der Waals surface area contributed by atoms with Crippen LogP contribution in [0.5, 0.6) is 5.88 Å². The van der Waals surface area contributed by atoms with Crippen molar-refractivity contribution in [2.75, 3.05) is 13.1 Å². The zero-order valence-electron chi connectivity index (χ0n) is 15.7. The predicted octanol–water partition coefficient (Wildman–Crippen LogP) is 2.77. The van der Waals surface area contributed by atoms with Crippen LogP contribution in [-0.4, -0.2) is 32.8 Å². The van der Waals surface area contributed by atoms with Gasteiger partial charge in [0.2, 0.25) is 10.8 Å². The molecular weight excluding hydrogens is 344 g/mol. The number of thiazole rings is 1. The van der Waals surface area contributed by atoms with Crippen molar-refractivity contribution in [2.24, 2.45) is 5.92 Å². The SMILES string of the molecule is CCc1nc2sc([C@@H](c3cccc(C)c3)[NH+]3CCC[C@H](C)C3)c(O)n2n1. The number of aryl methyl sites for hydroxylation is 2. The second-order valence-electron chi connectivity index (χ2n) is 7.57. The van der Waals surface area contributed by atoms with E-state index in [0.717, 1.165) is 35.2 Å². The van der Waals surface area contributed by atoms with Crippen LogP contribution in [0.15, 0.2) is 24.3 Å². The van der Waals surface area contributed by atoms with E-state index in [-0.39, 0.29) is 11.9 Å². The molecule has 1 aromatic carbocycles. The molecule has 0 bridgehead atoms. The zero-order chi connectivity index (χ0) is 18.3. The Balaban J connectivity index is 1.82. The van der Waals surface area contributed by atoms with Gasteiger partial charge in [0.05, 0.1) is 13.1 Å². The van der Waals surface area contributed by atoms with E-state index in [1.807, 2.05) is 6.92 Å². The Morgan fingerprint density at radius 1 is 1.42 bits per heavy atom. The number of aromatic nitrogens is 3. The van der Waals surface area contributed by atoms with E-state index in [9.17, 15) is 5.11 Å². The molecule has 2 aromatic heterocycles. The van der Waals surface area contributed by atoms with Gasteiger partial charge < -0.3 is 10.0 Å². The van der Waals surface area contributed by atoms with Gasteiger partial charge in [-0.05, 0) is 25.8 Å². The van der Waals surface area contributed by atoms with Gasteiger partial charge in [-0.3, -0.25) is 0 Å². The van der Waals surface area contributed by atoms with Crippen molar-refractivity contribution in [3.8, 4) is 5.88 Å². The molecule has 1 aliphatic heterocycles. The second kappa shape index (κ2) is 7.00. The molecule has 1 saturated heterocycles. The number of piperidine rings is 1. The molecule has 0 radical (unpaired) electrons. The first-order valence-electron chi connectivity index (χ1n) is 9.55. The average Bonchev–Trinajstić information content (AvgIpc) is 3.15. The lowest BCUT2D eigenvalue weighted by Crippen LogP contribution is -3.13. The molecule has 0 spiro atoms. The summed E-state index contributed by atoms with van der Waals surface area (Å²) >= 11 is 1.58. The van der Waals surface area contributed by atoms with Crippen molar-refractivity contribution in [1.82, 2.24) is 14.6 Å². The third-order valence-electron chi connectivity index (χ3n) is 5.41. The van der Waals surface area contributed by atoms with Crippen molar-refractivity contribution in [3.05, 3.63) is 46.1 Å². The lowest BCUT2D eigenvalue weighted by Gasteiger charge is -2.34. The van der Waals surface area contributed by atoms with Crippen molar-refractivity contribution in [2.45, 2.75) is 46.1 Å². The fourth-order valence-electron chi connectivity index (χ4n) is 4.14. The molecule has 5 nitrogen and oxygen atoms in total. The number of benzene rings is 1. The highest BCUT2D eigenvalue weighted by Crippen LogP contribution is 2.35. The van der Waals surface area contributed by atoms with Gasteiger partial charge >= 0.3 is 0 Å². The van der Waals surface area contributed by atoms with Gasteiger partial charge in [-0.1, -0.05) is 48.9 Å². The van der Waals surface area contributed by atoms with Gasteiger partial charge in [0.1, 0.15) is 4.88 Å². The summed E-state index contributed by atoms with van der Waals surface area (Å²) in [6.45, 7) is 8.77. The first-order valence-corrected chi connectivity index (χ1v) is 10.4. The Kier molecular flexibility index (Phi) is 4.71. The van der Waals surface area contributed by atoms with Crippen LogP contribution in [0.2, 0.25) is 0 Å². The van der Waals surface area contributed by atoms with Gasteiger partial charge in [0.15, 0.2) is 11.9 Å². The Hall–Kier alpha value is -1.92. The second-order valence-corrected chi connectivity index (χ2v) is 8.58. The summed E-state index contributed by atoms with van der Waals surface area (Å²) in [5, 5.41) is 15.4. The molecule has 1 unspecified atom stereocenters. The number of aromatic hydroxyl groups is 1. The monoisotopic (exact) mass is 371 g/mol. The van der Waals surface area contributed by atoms with E-state index in [1.165, 1.54) is 28.9 Å². The first-order chi connectivity index (χ1) is 12.6. The third kappa shape index (κ3) is 3.12. The molecule has 26 heavy (non-hydrogen) atoms. The van der Waals surface area contributed by atoms with Crippen LogP contribution in [0.4, 0.5) is 0 Å². The summed E-state index contributed by atoms with van der Waals surface area (Å²) < 4.78 is 1.62. The number of hydrogen-bond acceptors (Lipinski definition) is 4. The molecule has 0 saturated carbocycles. The molecule has 6 heteroatoms. The maximum Gasteiger partial charge on any atom is 0.235 e. The van der Waals surface area contributed by atoms with Crippen molar-refractivity contribution in [1.29, 1.82) is 0 Å². The van der Waals surface area contributed by atoms with Crippen LogP contribution >= 0.6 is 11.3 Å². The molecule has 4 rings (SSSR count). The van der Waals surface area contributed by atoms with E-state index >= 15 is 0 Å². The van der Waals surface area contributed by atoms with E-state index in [4.69, 9.17) is 0 Å². The lowest BCUT2D eigenvalue weighted by molar-refractivity contribution is -0.933. The highest BCUT2D eigenvalue weighted by atomic mass is 32.1. The number of hydrogen-bond donors (Lipinski definition) is 2. The molecule has 3 heterocycles. The van der Waals surface area contributed by atoms with Crippen LogP contribution in [-0.2, 0) is 6.42 Å². The standard InChI is InChI=1S/C20H26N4OS/c1-4-16-21-20-24(22-16)19(25)18(26-20)17(15-9-5-7-13(2)11-15)23-10-6-8-14(3)12-23/h5,7,9,11,14,17,25H,4,6,8,10,12H2,1-3H3/p+1/t14-,17+/m0/s1. The van der Waals surface area contributed by atoms with Crippen molar-refractivity contribution < 1.29 is 10.0 Å². The maximum absolute atomic E-state index is 11.0. The van der Waals surface area contributed by atoms with E-state index in [2.05, 4.69) is 48.2 Å². The third-order valence-corrected chi connectivity index (χ3v) is 6.50. The summed E-state index contributed by atoms with van der Waals surface area (Å²) in [6, 6.07) is 8.83. The smallest absolute Gasteiger partial charge is 0.235 e. The normalized spacial score (nSPS) is 22.0. The Morgan fingerprint density at radius 2 is 2.27 bits per heavy atom. The van der Waals surface area contributed by atoms with E-state index < -0.39 is 0 Å². The largest absolute Gasteiger partial charge is 0.492 e. The van der Waals surface area contributed by atoms with E-state index in [1.54, 1.807) is 15.9 Å². The first kappa shape index (κ1) is 17.5. The highest BCUT2D eigenvalue weighted by molar-refractivity contribution is 7.17. The molecule has 0 aliphatic carbocycles. The molecule has 3 aromatic rings. The van der Waals surface area contributed by atoms with Crippen molar-refractivity contribution >= 4 is 16.3 Å². The van der Waals surface area contributed by atoms with Crippen LogP contribution < -0.4 is 4.90 Å². The average molecular weight is 372 g/mol. The molecule has 1 fully saturated rings. The summed E-state index contributed by atoms with van der Waals surface area (Å²) in [5.74, 6) is 1.75. The highest BCUT2D eigenvalue weighted by Gasteiger charge is 2.35. The van der Waals surface area contributed by atoms with E-state index in [0.29, 0.717) is 5.92 Å². The molecule has 1 aliphatic rings. The number of nitrogens with zero attached hydrogens (tertiary/aromatic N) is 3. The molecular formula is C20H27N4OS+. The number of quaternary nitrogens is 1. The van der Waals surface area contributed by atoms with Gasteiger partial charge in [0, 0.05) is 17.9 Å². The minimum absolute atomic E-state index is 0.135. The fourth-order valence-corrected chi connectivity index (χ4v) is 5.30. The number of nitrogens with one attached hydrogen (secondary N) is 1. The molecule has 3 atom stereocenters. The molecule has 2 N–H and O–H groups in total. The summed E-state index contributed by atoms with van der Waals surface area (Å²) in [6.07, 6.45) is 3.31. The number of rotatable bonds is 4. The Morgan fingerprint density at radius 3 is 2.96 bits per heavy atom. The topological polar surface area (TPSA) is 54.9 Å².